The summed E-state index contributed by atoms with van der Waals surface area (Å²) in [6, 6.07) is 13.8. The lowest BCUT2D eigenvalue weighted by Gasteiger charge is -1.99. The molecule has 0 saturated carbocycles. The molecular formula is C18H16BrN3O. The number of amides is 1. The molecule has 2 N–H and O–H groups in total. The van der Waals surface area contributed by atoms with Gasteiger partial charge in [-0.15, -0.1) is 0 Å². The maximum absolute atomic E-state index is 12.3. The third-order valence-corrected chi connectivity index (χ3v) is 4.22. The number of carbonyl (C=O) groups is 1. The fraction of sp³-hybridized carbons (Fsp3) is 0.111. The molecular weight excluding hydrogens is 354 g/mol. The standard InChI is InChI=1S/C18H16BrN3O/c1-11-3-8-16-15(9-11)12(2)17(21-16)18(23)22-20-10-13-4-6-14(19)7-5-13/h3-10,21H,1-2H3,(H,22,23)/b20-10+. The van der Waals surface area contributed by atoms with Crippen LogP contribution in [0, 0.1) is 13.8 Å². The summed E-state index contributed by atoms with van der Waals surface area (Å²) in [5.74, 6) is -0.246. The second-order valence-electron chi connectivity index (χ2n) is 5.42. The summed E-state index contributed by atoms with van der Waals surface area (Å²) in [5, 5.41) is 5.08. The first-order chi connectivity index (χ1) is 11.0. The number of hydrogen-bond donors (Lipinski definition) is 2. The molecule has 1 heterocycles. The van der Waals surface area contributed by atoms with Gasteiger partial charge in [-0.3, -0.25) is 4.79 Å². The van der Waals surface area contributed by atoms with Crippen LogP contribution in [0.25, 0.3) is 10.9 Å². The Morgan fingerprint density at radius 1 is 1.17 bits per heavy atom. The van der Waals surface area contributed by atoms with E-state index in [1.165, 1.54) is 5.56 Å². The largest absolute Gasteiger partial charge is 0.350 e. The number of aryl methyl sites for hydroxylation is 2. The summed E-state index contributed by atoms with van der Waals surface area (Å²) in [7, 11) is 0. The number of nitrogens with zero attached hydrogens (tertiary/aromatic N) is 1. The van der Waals surface area contributed by atoms with E-state index in [2.05, 4.69) is 37.5 Å². The maximum Gasteiger partial charge on any atom is 0.288 e. The predicted molar refractivity (Wildman–Crippen MR) is 97.0 cm³/mol. The fourth-order valence-corrected chi connectivity index (χ4v) is 2.70. The highest BCUT2D eigenvalue weighted by atomic mass is 79.9. The van der Waals surface area contributed by atoms with Crippen LogP contribution < -0.4 is 5.43 Å². The minimum Gasteiger partial charge on any atom is -0.350 e. The third-order valence-electron chi connectivity index (χ3n) is 3.69. The molecule has 4 nitrogen and oxygen atoms in total. The van der Waals surface area contributed by atoms with E-state index in [-0.39, 0.29) is 5.91 Å². The zero-order valence-electron chi connectivity index (χ0n) is 12.9. The van der Waals surface area contributed by atoms with Crippen molar-refractivity contribution in [2.45, 2.75) is 13.8 Å². The van der Waals surface area contributed by atoms with Gasteiger partial charge in [-0.2, -0.15) is 5.10 Å². The molecule has 1 aromatic heterocycles. The highest BCUT2D eigenvalue weighted by Gasteiger charge is 2.14. The van der Waals surface area contributed by atoms with E-state index in [0.29, 0.717) is 5.69 Å². The highest BCUT2D eigenvalue weighted by molar-refractivity contribution is 9.10. The molecule has 0 bridgehead atoms. The van der Waals surface area contributed by atoms with Gasteiger partial charge in [-0.1, -0.05) is 39.7 Å². The molecule has 2 aromatic carbocycles. The topological polar surface area (TPSA) is 57.2 Å². The Labute approximate surface area is 142 Å². The van der Waals surface area contributed by atoms with Crippen molar-refractivity contribution in [2.75, 3.05) is 0 Å². The number of benzene rings is 2. The predicted octanol–water partition coefficient (Wildman–Crippen LogP) is 4.31. The number of hydrazone groups is 1. The number of aromatic amines is 1. The van der Waals surface area contributed by atoms with Gasteiger partial charge < -0.3 is 4.98 Å². The van der Waals surface area contributed by atoms with Gasteiger partial charge in [0.15, 0.2) is 0 Å². The second-order valence-corrected chi connectivity index (χ2v) is 6.34. The molecule has 0 spiro atoms. The Kier molecular flexibility index (Phi) is 4.30. The van der Waals surface area contributed by atoms with Crippen LogP contribution >= 0.6 is 15.9 Å². The number of nitrogens with one attached hydrogen (secondary N) is 2. The molecule has 0 atom stereocenters. The van der Waals surface area contributed by atoms with Crippen LogP contribution in [0.2, 0.25) is 0 Å². The number of carbonyl (C=O) groups excluding carboxylic acids is 1. The number of fused-ring (bicyclic) bond motifs is 1. The molecule has 0 fully saturated rings. The smallest absolute Gasteiger partial charge is 0.288 e. The quantitative estimate of drug-likeness (QED) is 0.524. The summed E-state index contributed by atoms with van der Waals surface area (Å²) in [4.78, 5) is 15.5. The summed E-state index contributed by atoms with van der Waals surface area (Å²) in [6.07, 6.45) is 1.62. The lowest BCUT2D eigenvalue weighted by molar-refractivity contribution is 0.0950. The van der Waals surface area contributed by atoms with E-state index in [1.807, 2.05) is 50.2 Å². The second kappa shape index (κ2) is 6.38. The van der Waals surface area contributed by atoms with Crippen LogP contribution in [0.3, 0.4) is 0 Å². The van der Waals surface area contributed by atoms with Crippen molar-refractivity contribution in [3.05, 3.63) is 69.3 Å². The van der Waals surface area contributed by atoms with Crippen LogP contribution in [0.4, 0.5) is 0 Å². The SMILES string of the molecule is Cc1ccc2[nH]c(C(=O)N/N=C/c3ccc(Br)cc3)c(C)c2c1. The molecule has 3 rings (SSSR count). The summed E-state index contributed by atoms with van der Waals surface area (Å²) < 4.78 is 1.00. The number of rotatable bonds is 3. The summed E-state index contributed by atoms with van der Waals surface area (Å²) >= 11 is 3.38. The molecule has 3 aromatic rings. The molecule has 0 radical (unpaired) electrons. The van der Waals surface area contributed by atoms with Gasteiger partial charge in [0.2, 0.25) is 0 Å². The lowest BCUT2D eigenvalue weighted by Crippen LogP contribution is -2.18. The van der Waals surface area contributed by atoms with Gasteiger partial charge in [0.1, 0.15) is 5.69 Å². The van der Waals surface area contributed by atoms with E-state index < -0.39 is 0 Å². The van der Waals surface area contributed by atoms with Crippen molar-refractivity contribution in [3.63, 3.8) is 0 Å². The van der Waals surface area contributed by atoms with Gasteiger partial charge in [-0.05, 0) is 49.2 Å². The first-order valence-electron chi connectivity index (χ1n) is 7.22. The van der Waals surface area contributed by atoms with Crippen molar-refractivity contribution in [2.24, 2.45) is 5.10 Å². The maximum atomic E-state index is 12.3. The zero-order valence-corrected chi connectivity index (χ0v) is 14.4. The van der Waals surface area contributed by atoms with Crippen molar-refractivity contribution < 1.29 is 4.79 Å². The summed E-state index contributed by atoms with van der Waals surface area (Å²) in [6.45, 7) is 3.97. The van der Waals surface area contributed by atoms with E-state index >= 15 is 0 Å². The Bertz CT molecular complexity index is 895. The van der Waals surface area contributed by atoms with Gasteiger partial charge >= 0.3 is 0 Å². The molecule has 0 aliphatic carbocycles. The van der Waals surface area contributed by atoms with Gasteiger partial charge in [0, 0.05) is 15.4 Å². The van der Waals surface area contributed by atoms with Crippen molar-refractivity contribution in [3.8, 4) is 0 Å². The molecule has 23 heavy (non-hydrogen) atoms. The van der Waals surface area contributed by atoms with E-state index in [4.69, 9.17) is 0 Å². The van der Waals surface area contributed by atoms with E-state index in [1.54, 1.807) is 6.21 Å². The normalized spacial score (nSPS) is 11.3. The molecule has 116 valence electrons. The molecule has 0 aliphatic heterocycles. The van der Waals surface area contributed by atoms with Crippen molar-refractivity contribution in [1.82, 2.24) is 10.4 Å². The van der Waals surface area contributed by atoms with Gasteiger partial charge in [-0.25, -0.2) is 5.43 Å². The molecule has 0 unspecified atom stereocenters. The number of H-pyrrole nitrogens is 1. The van der Waals surface area contributed by atoms with Crippen LogP contribution in [0.15, 0.2) is 52.0 Å². The number of aromatic nitrogens is 1. The lowest BCUT2D eigenvalue weighted by atomic mass is 10.1. The highest BCUT2D eigenvalue weighted by Crippen LogP contribution is 2.22. The van der Waals surface area contributed by atoms with Crippen LogP contribution in [0.1, 0.15) is 27.2 Å². The van der Waals surface area contributed by atoms with E-state index in [0.717, 1.165) is 26.5 Å². The third kappa shape index (κ3) is 3.35. The van der Waals surface area contributed by atoms with Crippen LogP contribution in [0.5, 0.6) is 0 Å². The zero-order chi connectivity index (χ0) is 16.4. The Morgan fingerprint density at radius 2 is 1.91 bits per heavy atom. The Balaban J connectivity index is 1.78. The monoisotopic (exact) mass is 369 g/mol. The average molecular weight is 370 g/mol. The first kappa shape index (κ1) is 15.5. The molecule has 0 aliphatic rings. The molecule has 1 amide bonds. The summed E-state index contributed by atoms with van der Waals surface area (Å²) in [5.41, 5.74) is 7.07. The Hall–Kier alpha value is -2.40. The van der Waals surface area contributed by atoms with Crippen molar-refractivity contribution >= 4 is 39.0 Å². The minimum absolute atomic E-state index is 0.246. The number of halogens is 1. The van der Waals surface area contributed by atoms with Gasteiger partial charge in [0.25, 0.3) is 5.91 Å². The fourth-order valence-electron chi connectivity index (χ4n) is 2.44. The molecule has 0 saturated heterocycles. The van der Waals surface area contributed by atoms with Crippen LogP contribution in [-0.2, 0) is 0 Å². The van der Waals surface area contributed by atoms with Crippen LogP contribution in [-0.4, -0.2) is 17.1 Å². The van der Waals surface area contributed by atoms with E-state index in [9.17, 15) is 4.79 Å². The minimum atomic E-state index is -0.246. The Morgan fingerprint density at radius 3 is 2.65 bits per heavy atom. The first-order valence-corrected chi connectivity index (χ1v) is 8.02. The average Bonchev–Trinajstić information content (AvgIpc) is 2.86. The number of hydrogen-bond acceptors (Lipinski definition) is 2. The van der Waals surface area contributed by atoms with Gasteiger partial charge in [0.05, 0.1) is 6.21 Å². The van der Waals surface area contributed by atoms with Crippen molar-refractivity contribution in [1.29, 1.82) is 0 Å². The molecule has 5 heteroatoms.